The first-order valence-corrected chi connectivity index (χ1v) is 24.5. The highest BCUT2D eigenvalue weighted by Gasteiger charge is 2.39. The van der Waals surface area contributed by atoms with Crippen molar-refractivity contribution in [2.75, 3.05) is 26.4 Å². The lowest BCUT2D eigenvalue weighted by Gasteiger charge is -2.20. The van der Waals surface area contributed by atoms with Crippen LogP contribution in [-0.2, 0) is 46.6 Å². The van der Waals surface area contributed by atoms with E-state index in [0.29, 0.717) is 32.1 Å². The molecule has 1 aliphatic carbocycles. The predicted molar refractivity (Wildman–Crippen MR) is 222 cm³/mol. The third-order valence-corrected chi connectivity index (χ3v) is 11.3. The van der Waals surface area contributed by atoms with Crippen LogP contribution >= 0.6 is 15.6 Å². The molecule has 1 saturated carbocycles. The molecule has 6 N–H and O–H groups in total. The van der Waals surface area contributed by atoms with Gasteiger partial charge >= 0.3 is 27.6 Å². The maximum Gasteiger partial charge on any atom is 0.472 e. The zero-order chi connectivity index (χ0) is 44.1. The summed E-state index contributed by atoms with van der Waals surface area (Å²) >= 11 is 0. The maximum absolute atomic E-state index is 12.7. The standard InChI is InChI=1S/C41H74O16P2/c1-4-5-15-21-33(42)25-26-37-36(38(44)27-39(37)45)22-17-13-14-18-23-40(46)53-30-35(31-56-59(51,52)55-29-34(43)28-54-58(48,49)50)57-41(47)24-19-12-10-8-6-7-9-11-16-20-32(2)3/h13,17,25-26,32-37,39,42-43,45H,4-12,14-16,18-24,27-31H2,1-3H3,(H,51,52)(H2,48,49,50)/b17-13-,26-25+/t33-,34-,35+,36+,37+,39+/m0/s1. The smallest absolute Gasteiger partial charge is 0.462 e. The first-order chi connectivity index (χ1) is 27.9. The van der Waals surface area contributed by atoms with Gasteiger partial charge in [-0.15, -0.1) is 0 Å². The number of ether oxygens (including phenoxy) is 2. The van der Waals surface area contributed by atoms with Gasteiger partial charge in [0.25, 0.3) is 0 Å². The summed E-state index contributed by atoms with van der Waals surface area (Å²) in [4.78, 5) is 65.3. The van der Waals surface area contributed by atoms with Gasteiger partial charge in [-0.1, -0.05) is 122 Å². The molecular formula is C41H74O16P2. The molecule has 1 aliphatic rings. The number of rotatable bonds is 36. The number of allylic oxidation sites excluding steroid dienone is 2. The summed E-state index contributed by atoms with van der Waals surface area (Å²) < 4.78 is 47.7. The second-order valence-electron chi connectivity index (χ2n) is 15.9. The minimum absolute atomic E-state index is 0.00232. The van der Waals surface area contributed by atoms with Crippen LogP contribution in [0.15, 0.2) is 24.3 Å². The summed E-state index contributed by atoms with van der Waals surface area (Å²) in [6.45, 7) is 3.60. The van der Waals surface area contributed by atoms with Gasteiger partial charge in [0.15, 0.2) is 6.10 Å². The maximum atomic E-state index is 12.7. The van der Waals surface area contributed by atoms with E-state index in [9.17, 15) is 43.7 Å². The number of aliphatic hydroxyl groups is 3. The number of unbranched alkanes of at least 4 members (excludes halogenated alkanes) is 11. The van der Waals surface area contributed by atoms with Crippen LogP contribution in [0.2, 0.25) is 0 Å². The van der Waals surface area contributed by atoms with Crippen molar-refractivity contribution in [3.63, 3.8) is 0 Å². The van der Waals surface area contributed by atoms with E-state index in [1.54, 1.807) is 12.2 Å². The van der Waals surface area contributed by atoms with Crippen LogP contribution in [0, 0.1) is 17.8 Å². The number of carbonyl (C=O) groups excluding carboxylic acids is 3. The summed E-state index contributed by atoms with van der Waals surface area (Å²) in [6.07, 6.45) is 18.5. The monoisotopic (exact) mass is 884 g/mol. The molecule has 7 atom stereocenters. The fourth-order valence-electron chi connectivity index (χ4n) is 6.51. The minimum atomic E-state index is -4.89. The molecule has 1 fully saturated rings. The van der Waals surface area contributed by atoms with E-state index >= 15 is 0 Å². The Bertz CT molecular complexity index is 1320. The van der Waals surface area contributed by atoms with Crippen LogP contribution < -0.4 is 0 Å². The van der Waals surface area contributed by atoms with Crippen molar-refractivity contribution in [3.8, 4) is 0 Å². The fourth-order valence-corrected chi connectivity index (χ4v) is 7.67. The van der Waals surface area contributed by atoms with Gasteiger partial charge in [0.1, 0.15) is 18.5 Å². The number of phosphoric acid groups is 2. The van der Waals surface area contributed by atoms with Crippen molar-refractivity contribution in [1.29, 1.82) is 0 Å². The molecule has 0 spiro atoms. The summed E-state index contributed by atoms with van der Waals surface area (Å²) in [6, 6.07) is 0. The van der Waals surface area contributed by atoms with E-state index in [0.717, 1.165) is 50.9 Å². The Morgan fingerprint density at radius 1 is 0.763 bits per heavy atom. The molecule has 1 unspecified atom stereocenters. The fraction of sp³-hybridized carbons (Fsp3) is 0.829. The molecule has 18 heteroatoms. The quantitative estimate of drug-likeness (QED) is 0.0158. The molecule has 0 heterocycles. The van der Waals surface area contributed by atoms with Gasteiger partial charge in [0.05, 0.1) is 32.0 Å². The molecule has 344 valence electrons. The first kappa shape index (κ1) is 55.2. The zero-order valence-electron chi connectivity index (χ0n) is 35.5. The number of esters is 2. The largest absolute Gasteiger partial charge is 0.472 e. The summed E-state index contributed by atoms with van der Waals surface area (Å²) in [5, 5.41) is 30.4. The Labute approximate surface area is 351 Å². The van der Waals surface area contributed by atoms with E-state index < -0.39 is 84.3 Å². The molecule has 0 amide bonds. The molecular weight excluding hydrogens is 810 g/mol. The zero-order valence-corrected chi connectivity index (χ0v) is 37.3. The number of carbonyl (C=O) groups is 3. The molecule has 0 aliphatic heterocycles. The van der Waals surface area contributed by atoms with Crippen molar-refractivity contribution in [1.82, 2.24) is 0 Å². The van der Waals surface area contributed by atoms with Gasteiger partial charge in [0.2, 0.25) is 0 Å². The molecule has 1 rings (SSSR count). The number of Topliss-reactive ketones (excluding diaryl/α,β-unsaturated/α-hetero) is 1. The number of hydrogen-bond acceptors (Lipinski definition) is 13. The van der Waals surface area contributed by atoms with E-state index in [-0.39, 0.29) is 31.0 Å². The molecule has 0 aromatic heterocycles. The molecule has 16 nitrogen and oxygen atoms in total. The Kier molecular flexibility index (Phi) is 29.9. The van der Waals surface area contributed by atoms with Crippen molar-refractivity contribution < 1.29 is 76.6 Å². The van der Waals surface area contributed by atoms with Crippen molar-refractivity contribution in [2.24, 2.45) is 17.8 Å². The highest BCUT2D eigenvalue weighted by molar-refractivity contribution is 7.47. The molecule has 0 aromatic carbocycles. The van der Waals surface area contributed by atoms with Crippen molar-refractivity contribution in [3.05, 3.63) is 24.3 Å². The molecule has 0 aromatic rings. The van der Waals surface area contributed by atoms with E-state index in [4.69, 9.17) is 23.8 Å². The average Bonchev–Trinajstić information content (AvgIpc) is 3.43. The topological polar surface area (TPSA) is 253 Å². The summed E-state index contributed by atoms with van der Waals surface area (Å²) in [7, 11) is -9.76. The Morgan fingerprint density at radius 2 is 1.36 bits per heavy atom. The summed E-state index contributed by atoms with van der Waals surface area (Å²) in [5.74, 6) is -1.32. The van der Waals surface area contributed by atoms with Crippen molar-refractivity contribution in [2.45, 2.75) is 174 Å². The van der Waals surface area contributed by atoms with Gasteiger partial charge in [-0.3, -0.25) is 28.0 Å². The molecule has 0 saturated heterocycles. The van der Waals surface area contributed by atoms with Gasteiger partial charge < -0.3 is 39.5 Å². The Hall–Kier alpha value is -1.81. The Morgan fingerprint density at radius 3 is 2.00 bits per heavy atom. The number of ketones is 1. The summed E-state index contributed by atoms with van der Waals surface area (Å²) in [5.41, 5.74) is 0. The van der Waals surface area contributed by atoms with Crippen LogP contribution in [0.4, 0.5) is 0 Å². The highest BCUT2D eigenvalue weighted by Crippen LogP contribution is 2.44. The van der Waals surface area contributed by atoms with Gasteiger partial charge in [-0.05, 0) is 38.0 Å². The predicted octanol–water partition coefficient (Wildman–Crippen LogP) is 7.17. The number of hydrogen-bond donors (Lipinski definition) is 6. The van der Waals surface area contributed by atoms with Gasteiger partial charge in [-0.2, -0.15) is 0 Å². The second kappa shape index (κ2) is 32.0. The van der Waals surface area contributed by atoms with E-state index in [1.807, 2.05) is 12.2 Å². The lowest BCUT2D eigenvalue weighted by molar-refractivity contribution is -0.161. The third-order valence-electron chi connectivity index (χ3n) is 9.88. The van der Waals surface area contributed by atoms with Crippen LogP contribution in [0.25, 0.3) is 0 Å². The highest BCUT2D eigenvalue weighted by atomic mass is 31.2. The lowest BCUT2D eigenvalue weighted by atomic mass is 9.90. The van der Waals surface area contributed by atoms with Crippen molar-refractivity contribution >= 4 is 33.4 Å². The van der Waals surface area contributed by atoms with E-state index in [1.165, 1.54) is 32.1 Å². The van der Waals surface area contributed by atoms with E-state index in [2.05, 4.69) is 29.8 Å². The minimum Gasteiger partial charge on any atom is -0.462 e. The first-order valence-electron chi connectivity index (χ1n) is 21.5. The third kappa shape index (κ3) is 30.0. The van der Waals surface area contributed by atoms with Crippen LogP contribution in [0.1, 0.15) is 149 Å². The SMILES string of the molecule is CCCCC[C@H](O)/C=C/[C@H]1[C@H](O)CC(=O)[C@@H]1C/C=C\CCCC(=O)OC[C@H](COP(=O)(O)OC[C@@H](O)COP(=O)(O)O)OC(=O)CCCCCCCCCCCC(C)C. The molecule has 0 bridgehead atoms. The lowest BCUT2D eigenvalue weighted by Crippen LogP contribution is -2.30. The number of aliphatic hydroxyl groups excluding tert-OH is 3. The molecule has 0 radical (unpaired) electrons. The van der Waals surface area contributed by atoms with Crippen LogP contribution in [-0.4, -0.2) is 98.6 Å². The van der Waals surface area contributed by atoms with Crippen LogP contribution in [0.5, 0.6) is 0 Å². The average molecular weight is 885 g/mol. The second-order valence-corrected chi connectivity index (χ2v) is 18.6. The molecule has 59 heavy (non-hydrogen) atoms. The normalized spacial score (nSPS) is 20.0. The van der Waals surface area contributed by atoms with Crippen LogP contribution in [0.3, 0.4) is 0 Å². The Balaban J connectivity index is 2.59. The number of phosphoric ester groups is 2. The van der Waals surface area contributed by atoms with Gasteiger partial charge in [0, 0.05) is 31.1 Å². The van der Waals surface area contributed by atoms with Gasteiger partial charge in [-0.25, -0.2) is 9.13 Å².